The SMILES string of the molecule is N=C(N)c1ccc(Cc2nc3ccc(NS(=O)(=O)c4ccccc4)cc3c(=O)[nH]2)cc1. The number of nitrogens with two attached hydrogens (primary N) is 1. The Morgan fingerprint density at radius 3 is 2.42 bits per heavy atom. The van der Waals surface area contributed by atoms with Crippen LogP contribution in [0, 0.1) is 5.41 Å². The monoisotopic (exact) mass is 433 g/mol. The molecule has 8 nitrogen and oxygen atoms in total. The molecule has 0 amide bonds. The van der Waals surface area contributed by atoms with Gasteiger partial charge in [-0.3, -0.25) is 14.9 Å². The van der Waals surface area contributed by atoms with Crippen LogP contribution in [-0.4, -0.2) is 24.2 Å². The number of rotatable bonds is 6. The van der Waals surface area contributed by atoms with E-state index in [1.165, 1.54) is 18.2 Å². The topological polar surface area (TPSA) is 142 Å². The van der Waals surface area contributed by atoms with Gasteiger partial charge < -0.3 is 10.7 Å². The summed E-state index contributed by atoms with van der Waals surface area (Å²) in [6.07, 6.45) is 0.395. The number of sulfonamides is 1. The second kappa shape index (κ2) is 8.04. The van der Waals surface area contributed by atoms with Crippen LogP contribution >= 0.6 is 0 Å². The van der Waals surface area contributed by atoms with Gasteiger partial charge in [0.2, 0.25) is 0 Å². The molecule has 5 N–H and O–H groups in total. The number of hydrogen-bond donors (Lipinski definition) is 4. The molecule has 0 aliphatic heterocycles. The van der Waals surface area contributed by atoms with Crippen LogP contribution in [0.2, 0.25) is 0 Å². The molecule has 0 saturated carbocycles. The summed E-state index contributed by atoms with van der Waals surface area (Å²) in [4.78, 5) is 20.0. The first-order chi connectivity index (χ1) is 14.8. The molecule has 1 aromatic heterocycles. The Kier molecular flexibility index (Phi) is 5.26. The van der Waals surface area contributed by atoms with Crippen molar-refractivity contribution in [3.05, 3.63) is 100 Å². The Hall–Kier alpha value is -3.98. The third-order valence-corrected chi connectivity index (χ3v) is 6.09. The van der Waals surface area contributed by atoms with E-state index in [-0.39, 0.29) is 27.4 Å². The average Bonchev–Trinajstić information content (AvgIpc) is 2.75. The van der Waals surface area contributed by atoms with Crippen molar-refractivity contribution in [1.29, 1.82) is 5.41 Å². The molecule has 0 fully saturated rings. The molecule has 0 radical (unpaired) electrons. The first-order valence-electron chi connectivity index (χ1n) is 9.36. The maximum atomic E-state index is 12.6. The molecule has 0 unspecified atom stereocenters. The van der Waals surface area contributed by atoms with Crippen LogP contribution in [-0.2, 0) is 16.4 Å². The predicted octanol–water partition coefficient (Wildman–Crippen LogP) is 2.60. The van der Waals surface area contributed by atoms with Crippen molar-refractivity contribution < 1.29 is 8.42 Å². The van der Waals surface area contributed by atoms with E-state index in [0.717, 1.165) is 5.56 Å². The van der Waals surface area contributed by atoms with Crippen molar-refractivity contribution in [2.24, 2.45) is 5.73 Å². The zero-order valence-electron chi connectivity index (χ0n) is 16.3. The van der Waals surface area contributed by atoms with E-state index in [2.05, 4.69) is 14.7 Å². The average molecular weight is 433 g/mol. The second-order valence-corrected chi connectivity index (χ2v) is 8.63. The molecule has 0 aliphatic rings. The van der Waals surface area contributed by atoms with E-state index in [0.29, 0.717) is 23.3 Å². The van der Waals surface area contributed by atoms with Crippen LogP contribution in [0.4, 0.5) is 5.69 Å². The molecule has 0 saturated heterocycles. The third kappa shape index (κ3) is 4.46. The second-order valence-electron chi connectivity index (χ2n) is 6.95. The van der Waals surface area contributed by atoms with Crippen LogP contribution in [0.5, 0.6) is 0 Å². The lowest BCUT2D eigenvalue weighted by Crippen LogP contribution is -2.15. The van der Waals surface area contributed by atoms with Gasteiger partial charge in [0.1, 0.15) is 11.7 Å². The quantitative estimate of drug-likeness (QED) is 0.273. The number of H-pyrrole nitrogens is 1. The van der Waals surface area contributed by atoms with Crippen molar-refractivity contribution in [2.45, 2.75) is 11.3 Å². The van der Waals surface area contributed by atoms with Gasteiger partial charge in [0.15, 0.2) is 0 Å². The molecule has 9 heteroatoms. The molecule has 3 aromatic carbocycles. The normalized spacial score (nSPS) is 11.4. The fraction of sp³-hybridized carbons (Fsp3) is 0.0455. The highest BCUT2D eigenvalue weighted by molar-refractivity contribution is 7.92. The van der Waals surface area contributed by atoms with E-state index in [9.17, 15) is 13.2 Å². The summed E-state index contributed by atoms with van der Waals surface area (Å²) in [7, 11) is -3.76. The number of nitrogens with one attached hydrogen (secondary N) is 3. The van der Waals surface area contributed by atoms with E-state index >= 15 is 0 Å². The minimum Gasteiger partial charge on any atom is -0.384 e. The zero-order valence-corrected chi connectivity index (χ0v) is 17.1. The van der Waals surface area contributed by atoms with Crippen molar-refractivity contribution in [1.82, 2.24) is 9.97 Å². The minimum atomic E-state index is -3.76. The van der Waals surface area contributed by atoms with Gasteiger partial charge in [-0.1, -0.05) is 42.5 Å². The lowest BCUT2D eigenvalue weighted by atomic mass is 10.1. The lowest BCUT2D eigenvalue weighted by molar-refractivity contribution is 0.601. The van der Waals surface area contributed by atoms with Crippen LogP contribution in [0.1, 0.15) is 17.0 Å². The van der Waals surface area contributed by atoms with Gasteiger partial charge in [0.25, 0.3) is 15.6 Å². The maximum Gasteiger partial charge on any atom is 0.261 e. The molecule has 1 heterocycles. The summed E-state index contributed by atoms with van der Waals surface area (Å²) in [5.41, 5.74) is 7.36. The molecule has 4 aromatic rings. The highest BCUT2D eigenvalue weighted by Gasteiger charge is 2.14. The van der Waals surface area contributed by atoms with E-state index in [1.807, 2.05) is 12.1 Å². The third-order valence-electron chi connectivity index (χ3n) is 4.70. The summed E-state index contributed by atoms with van der Waals surface area (Å²) in [6, 6.07) is 19.8. The highest BCUT2D eigenvalue weighted by Crippen LogP contribution is 2.19. The standard InChI is InChI=1S/C22H19N5O3S/c23-21(24)15-8-6-14(7-9-15)12-20-25-19-11-10-16(13-18(19)22(28)26-20)27-31(29,30)17-4-2-1-3-5-17/h1-11,13,27H,12H2,(H3,23,24)(H,25,26,28). The van der Waals surface area contributed by atoms with Crippen molar-refractivity contribution in [3.63, 3.8) is 0 Å². The van der Waals surface area contributed by atoms with Crippen LogP contribution < -0.4 is 16.0 Å². The molecular weight excluding hydrogens is 414 g/mol. The highest BCUT2D eigenvalue weighted by atomic mass is 32.2. The van der Waals surface area contributed by atoms with Gasteiger partial charge >= 0.3 is 0 Å². The number of aromatic nitrogens is 2. The molecule has 31 heavy (non-hydrogen) atoms. The van der Waals surface area contributed by atoms with Gasteiger partial charge in [-0.05, 0) is 35.9 Å². The van der Waals surface area contributed by atoms with Crippen LogP contribution in [0.25, 0.3) is 10.9 Å². The first-order valence-corrected chi connectivity index (χ1v) is 10.8. The van der Waals surface area contributed by atoms with Gasteiger partial charge in [0.05, 0.1) is 15.8 Å². The fourth-order valence-corrected chi connectivity index (χ4v) is 4.21. The predicted molar refractivity (Wildman–Crippen MR) is 120 cm³/mol. The number of amidine groups is 1. The minimum absolute atomic E-state index is 0.0116. The van der Waals surface area contributed by atoms with Gasteiger partial charge in [-0.2, -0.15) is 0 Å². The number of aromatic amines is 1. The van der Waals surface area contributed by atoms with E-state index in [4.69, 9.17) is 11.1 Å². The van der Waals surface area contributed by atoms with Crippen LogP contribution in [0.15, 0.2) is 82.5 Å². The summed E-state index contributed by atoms with van der Waals surface area (Å²) < 4.78 is 27.5. The van der Waals surface area contributed by atoms with Crippen LogP contribution in [0.3, 0.4) is 0 Å². The molecule has 0 bridgehead atoms. The van der Waals surface area contributed by atoms with Crippen molar-refractivity contribution in [3.8, 4) is 0 Å². The number of nitrogen functional groups attached to an aromatic ring is 1. The molecular formula is C22H19N5O3S. The zero-order chi connectivity index (χ0) is 22.0. The van der Waals surface area contributed by atoms with Gasteiger partial charge in [0, 0.05) is 17.7 Å². The summed E-state index contributed by atoms with van der Waals surface area (Å²) in [5, 5.41) is 7.72. The Bertz CT molecular complexity index is 1430. The van der Waals surface area contributed by atoms with Gasteiger partial charge in [-0.25, -0.2) is 13.4 Å². The fourth-order valence-electron chi connectivity index (χ4n) is 3.14. The Labute approximate surface area is 178 Å². The summed E-state index contributed by atoms with van der Waals surface area (Å²) in [6.45, 7) is 0. The maximum absolute atomic E-state index is 12.6. The number of fused-ring (bicyclic) bond motifs is 1. The molecule has 0 atom stereocenters. The van der Waals surface area contributed by atoms with E-state index < -0.39 is 10.0 Å². The molecule has 4 rings (SSSR count). The van der Waals surface area contributed by atoms with E-state index in [1.54, 1.807) is 42.5 Å². The Balaban J connectivity index is 1.61. The smallest absolute Gasteiger partial charge is 0.261 e. The molecule has 156 valence electrons. The Morgan fingerprint density at radius 1 is 1.03 bits per heavy atom. The first kappa shape index (κ1) is 20.3. The number of hydrogen-bond acceptors (Lipinski definition) is 5. The number of benzene rings is 3. The summed E-state index contributed by atoms with van der Waals surface area (Å²) in [5.74, 6) is 0.466. The molecule has 0 aliphatic carbocycles. The van der Waals surface area contributed by atoms with Crippen molar-refractivity contribution in [2.75, 3.05) is 4.72 Å². The molecule has 0 spiro atoms. The van der Waals surface area contributed by atoms with Gasteiger partial charge in [-0.15, -0.1) is 0 Å². The largest absolute Gasteiger partial charge is 0.384 e. The Morgan fingerprint density at radius 2 is 1.74 bits per heavy atom. The number of anilines is 1. The summed E-state index contributed by atoms with van der Waals surface area (Å²) >= 11 is 0. The number of nitrogens with zero attached hydrogens (tertiary/aromatic N) is 1. The lowest BCUT2D eigenvalue weighted by Gasteiger charge is -2.09. The van der Waals surface area contributed by atoms with Crippen molar-refractivity contribution >= 4 is 32.4 Å².